The fraction of sp³-hybridized carbons (Fsp3) is 0.600. The normalized spacial score (nSPS) is 12.4. The Labute approximate surface area is 206 Å². The van der Waals surface area contributed by atoms with Gasteiger partial charge in [-0.1, -0.05) is 82.9 Å². The van der Waals surface area contributed by atoms with Crippen molar-refractivity contribution in [1.82, 2.24) is 10.0 Å². The molecule has 0 amide bonds. The average molecular weight is 519 g/mol. The standard InChI is InChI=1S/C25H37F3N2O2S2/c1-2-3-4-5-6-7-8-9-10-11-17-30-34(31,32)24-16-15-23(33-24)20-29-19-21-13-12-14-22(18-21)25(26,27)28/h12-16,18,29-30H,2-11,17,19-20H2,1H3. The Hall–Kier alpha value is -1.42. The molecule has 2 rings (SSSR count). The molecule has 9 heteroatoms. The number of hydrogen-bond donors (Lipinski definition) is 2. The molecule has 0 unspecified atom stereocenters. The van der Waals surface area contributed by atoms with Crippen LogP contribution in [-0.2, 0) is 29.3 Å². The summed E-state index contributed by atoms with van der Waals surface area (Å²) in [6, 6.07) is 8.49. The van der Waals surface area contributed by atoms with Gasteiger partial charge in [-0.2, -0.15) is 13.2 Å². The van der Waals surface area contributed by atoms with Crippen molar-refractivity contribution < 1.29 is 21.6 Å². The molecular formula is C25H37F3N2O2S2. The summed E-state index contributed by atoms with van der Waals surface area (Å²) in [7, 11) is -3.53. The minimum atomic E-state index is -4.37. The van der Waals surface area contributed by atoms with Gasteiger partial charge in [-0.3, -0.25) is 0 Å². The zero-order valence-electron chi connectivity index (χ0n) is 19.9. The zero-order valence-corrected chi connectivity index (χ0v) is 21.6. The third kappa shape index (κ3) is 10.9. The minimum absolute atomic E-state index is 0.260. The molecule has 1 aromatic heterocycles. The summed E-state index contributed by atoms with van der Waals surface area (Å²) in [5, 5.41) is 3.08. The fourth-order valence-corrected chi connectivity index (χ4v) is 6.12. The molecule has 34 heavy (non-hydrogen) atoms. The van der Waals surface area contributed by atoms with Crippen molar-refractivity contribution in [2.75, 3.05) is 6.54 Å². The Morgan fingerprint density at radius 2 is 1.50 bits per heavy atom. The van der Waals surface area contributed by atoms with Crippen LogP contribution in [0.2, 0.25) is 0 Å². The highest BCUT2D eigenvalue weighted by Gasteiger charge is 2.30. The van der Waals surface area contributed by atoms with E-state index < -0.39 is 21.8 Å². The van der Waals surface area contributed by atoms with Crippen LogP contribution in [-0.4, -0.2) is 15.0 Å². The second kappa shape index (κ2) is 14.9. The van der Waals surface area contributed by atoms with E-state index in [0.717, 1.165) is 36.3 Å². The van der Waals surface area contributed by atoms with Crippen molar-refractivity contribution in [3.05, 3.63) is 52.4 Å². The molecule has 0 aliphatic carbocycles. The van der Waals surface area contributed by atoms with Gasteiger partial charge < -0.3 is 5.32 Å². The number of rotatable bonds is 17. The summed E-state index contributed by atoms with van der Waals surface area (Å²) >= 11 is 1.17. The van der Waals surface area contributed by atoms with Gasteiger partial charge in [-0.15, -0.1) is 11.3 Å². The highest BCUT2D eigenvalue weighted by atomic mass is 32.2. The molecule has 0 atom stereocenters. The number of hydrogen-bond acceptors (Lipinski definition) is 4. The van der Waals surface area contributed by atoms with E-state index in [0.29, 0.717) is 18.7 Å². The van der Waals surface area contributed by atoms with Crippen LogP contribution in [0.5, 0.6) is 0 Å². The quantitative estimate of drug-likeness (QED) is 0.217. The zero-order chi connectivity index (χ0) is 24.9. The molecule has 0 spiro atoms. The Balaban J connectivity index is 1.65. The van der Waals surface area contributed by atoms with Crippen molar-refractivity contribution in [2.45, 2.75) is 94.6 Å². The van der Waals surface area contributed by atoms with Gasteiger partial charge in [0, 0.05) is 24.5 Å². The molecule has 0 saturated heterocycles. The van der Waals surface area contributed by atoms with E-state index >= 15 is 0 Å². The molecule has 4 nitrogen and oxygen atoms in total. The van der Waals surface area contributed by atoms with Gasteiger partial charge in [0.1, 0.15) is 4.21 Å². The van der Waals surface area contributed by atoms with Crippen LogP contribution in [0.15, 0.2) is 40.6 Å². The molecule has 2 N–H and O–H groups in total. The smallest absolute Gasteiger partial charge is 0.308 e. The van der Waals surface area contributed by atoms with Gasteiger partial charge in [-0.05, 0) is 30.2 Å². The Bertz CT molecular complexity index is 944. The summed E-state index contributed by atoms with van der Waals surface area (Å²) in [5.41, 5.74) is -0.151. The minimum Gasteiger partial charge on any atom is -0.308 e. The third-order valence-corrected chi connectivity index (χ3v) is 8.65. The van der Waals surface area contributed by atoms with E-state index in [1.165, 1.54) is 62.3 Å². The molecule has 0 aliphatic heterocycles. The summed E-state index contributed by atoms with van der Waals surface area (Å²) in [5.74, 6) is 0. The summed E-state index contributed by atoms with van der Waals surface area (Å²) < 4.78 is 66.4. The third-order valence-electron chi connectivity index (χ3n) is 5.61. The van der Waals surface area contributed by atoms with Crippen LogP contribution in [0.4, 0.5) is 13.2 Å². The predicted molar refractivity (Wildman–Crippen MR) is 133 cm³/mol. The molecule has 0 aliphatic rings. The Morgan fingerprint density at radius 3 is 2.15 bits per heavy atom. The lowest BCUT2D eigenvalue weighted by Crippen LogP contribution is -2.23. The second-order valence-electron chi connectivity index (χ2n) is 8.60. The van der Waals surface area contributed by atoms with Gasteiger partial charge in [0.25, 0.3) is 0 Å². The molecular weight excluding hydrogens is 481 g/mol. The summed E-state index contributed by atoms with van der Waals surface area (Å²) in [4.78, 5) is 0.811. The van der Waals surface area contributed by atoms with Gasteiger partial charge in [0.15, 0.2) is 0 Å². The van der Waals surface area contributed by atoms with Crippen molar-refractivity contribution in [2.24, 2.45) is 0 Å². The van der Waals surface area contributed by atoms with Crippen LogP contribution in [0.25, 0.3) is 0 Å². The number of alkyl halides is 3. The van der Waals surface area contributed by atoms with Crippen LogP contribution in [0.3, 0.4) is 0 Å². The van der Waals surface area contributed by atoms with Crippen LogP contribution in [0.1, 0.15) is 87.1 Å². The van der Waals surface area contributed by atoms with Crippen LogP contribution < -0.4 is 10.0 Å². The van der Waals surface area contributed by atoms with Crippen LogP contribution >= 0.6 is 11.3 Å². The van der Waals surface area contributed by atoms with E-state index in [1.807, 2.05) is 0 Å². The van der Waals surface area contributed by atoms with Crippen molar-refractivity contribution in [3.63, 3.8) is 0 Å². The van der Waals surface area contributed by atoms with Gasteiger partial charge in [0.05, 0.1) is 5.56 Å². The second-order valence-corrected chi connectivity index (χ2v) is 11.8. The first-order valence-electron chi connectivity index (χ1n) is 12.2. The first kappa shape index (κ1) is 28.8. The summed E-state index contributed by atoms with van der Waals surface area (Å²) in [6.07, 6.45) is 7.61. The Kier molecular flexibility index (Phi) is 12.6. The van der Waals surface area contributed by atoms with Crippen molar-refractivity contribution in [1.29, 1.82) is 0 Å². The number of benzene rings is 1. The van der Waals surface area contributed by atoms with E-state index in [-0.39, 0.29) is 10.8 Å². The SMILES string of the molecule is CCCCCCCCCCCCNS(=O)(=O)c1ccc(CNCc2cccc(C(F)(F)F)c2)s1. The van der Waals surface area contributed by atoms with Crippen LogP contribution in [0, 0.1) is 0 Å². The first-order valence-corrected chi connectivity index (χ1v) is 14.5. The van der Waals surface area contributed by atoms with E-state index in [2.05, 4.69) is 17.0 Å². The first-order chi connectivity index (χ1) is 16.2. The summed E-state index contributed by atoms with van der Waals surface area (Å²) in [6.45, 7) is 3.30. The maximum absolute atomic E-state index is 12.8. The molecule has 192 valence electrons. The van der Waals surface area contributed by atoms with Gasteiger partial charge >= 0.3 is 6.18 Å². The van der Waals surface area contributed by atoms with Crippen molar-refractivity contribution in [3.8, 4) is 0 Å². The topological polar surface area (TPSA) is 58.2 Å². The van der Waals surface area contributed by atoms with Gasteiger partial charge in [0.2, 0.25) is 10.0 Å². The molecule has 1 heterocycles. The lowest BCUT2D eigenvalue weighted by molar-refractivity contribution is -0.137. The molecule has 0 fully saturated rings. The molecule has 0 radical (unpaired) electrons. The molecule has 0 saturated carbocycles. The maximum atomic E-state index is 12.8. The number of unbranched alkanes of at least 4 members (excludes halogenated alkanes) is 9. The molecule has 0 bridgehead atoms. The number of thiophene rings is 1. The van der Waals surface area contributed by atoms with Crippen molar-refractivity contribution >= 4 is 21.4 Å². The average Bonchev–Trinajstić information content (AvgIpc) is 3.27. The number of sulfonamides is 1. The lowest BCUT2D eigenvalue weighted by Gasteiger charge is -2.09. The largest absolute Gasteiger partial charge is 0.416 e. The molecule has 1 aromatic carbocycles. The fourth-order valence-electron chi connectivity index (χ4n) is 3.68. The molecule has 2 aromatic rings. The number of nitrogens with one attached hydrogen (secondary N) is 2. The van der Waals surface area contributed by atoms with Gasteiger partial charge in [-0.25, -0.2) is 13.1 Å². The van der Waals surface area contributed by atoms with E-state index in [4.69, 9.17) is 0 Å². The van der Waals surface area contributed by atoms with E-state index in [9.17, 15) is 21.6 Å². The monoisotopic (exact) mass is 518 g/mol. The highest BCUT2D eigenvalue weighted by Crippen LogP contribution is 2.29. The maximum Gasteiger partial charge on any atom is 0.416 e. The number of halogens is 3. The highest BCUT2D eigenvalue weighted by molar-refractivity contribution is 7.91. The van der Waals surface area contributed by atoms with E-state index in [1.54, 1.807) is 18.2 Å². The lowest BCUT2D eigenvalue weighted by atomic mass is 10.1. The predicted octanol–water partition coefficient (Wildman–Crippen LogP) is 7.26. The Morgan fingerprint density at radius 1 is 0.853 bits per heavy atom.